The van der Waals surface area contributed by atoms with Crippen LogP contribution in [0.3, 0.4) is 0 Å². The first-order valence-corrected chi connectivity index (χ1v) is 7.82. The molecule has 1 amide bonds. The second kappa shape index (κ2) is 5.97. The number of hydrogen-bond donors (Lipinski definition) is 1. The molecule has 0 atom stereocenters. The number of nitrogens with zero attached hydrogens (tertiary/aromatic N) is 2. The van der Waals surface area contributed by atoms with Gasteiger partial charge in [-0.1, -0.05) is 11.3 Å². The highest BCUT2D eigenvalue weighted by Crippen LogP contribution is 2.36. The molecule has 0 saturated carbocycles. The summed E-state index contributed by atoms with van der Waals surface area (Å²) in [5.74, 6) is 0.645. The fraction of sp³-hybridized carbons (Fsp3) is 0.188. The van der Waals surface area contributed by atoms with E-state index in [1.165, 1.54) is 0 Å². The molecule has 0 aliphatic rings. The van der Waals surface area contributed by atoms with Gasteiger partial charge in [0.05, 0.1) is 14.2 Å². The van der Waals surface area contributed by atoms with Gasteiger partial charge >= 0.3 is 0 Å². The van der Waals surface area contributed by atoms with Crippen LogP contribution in [0.5, 0.6) is 11.5 Å². The van der Waals surface area contributed by atoms with Gasteiger partial charge in [-0.15, -0.1) is 0 Å². The first kappa shape index (κ1) is 16.0. The monoisotopic (exact) mass is 345 g/mol. The van der Waals surface area contributed by atoms with Crippen molar-refractivity contribution in [3.8, 4) is 22.8 Å². The number of primary amides is 1. The van der Waals surface area contributed by atoms with Crippen LogP contribution < -0.4 is 15.2 Å². The number of aryl methyl sites for hydroxylation is 1. The third-order valence-corrected chi connectivity index (χ3v) is 4.89. The maximum Gasteiger partial charge on any atom is 0.260 e. The lowest BCUT2D eigenvalue weighted by molar-refractivity contribution is 0.100. The van der Waals surface area contributed by atoms with E-state index < -0.39 is 5.91 Å². The molecule has 0 fully saturated rings. The zero-order chi connectivity index (χ0) is 17.4. The van der Waals surface area contributed by atoms with Crippen LogP contribution in [0.4, 0.5) is 0 Å². The third kappa shape index (κ3) is 2.31. The van der Waals surface area contributed by atoms with Gasteiger partial charge in [-0.3, -0.25) is 14.0 Å². The Balaban J connectivity index is 2.32. The Morgan fingerprint density at radius 2 is 2.08 bits per heavy atom. The average molecular weight is 345 g/mol. The number of imidazole rings is 1. The molecule has 1 aromatic carbocycles. The van der Waals surface area contributed by atoms with Crippen molar-refractivity contribution in [2.24, 2.45) is 5.73 Å². The van der Waals surface area contributed by atoms with Crippen molar-refractivity contribution in [3.05, 3.63) is 34.5 Å². The highest BCUT2D eigenvalue weighted by molar-refractivity contribution is 7.19. The Morgan fingerprint density at radius 1 is 1.33 bits per heavy atom. The normalized spacial score (nSPS) is 10.8. The van der Waals surface area contributed by atoms with Crippen LogP contribution in [-0.4, -0.2) is 35.8 Å². The maximum atomic E-state index is 11.7. The van der Waals surface area contributed by atoms with Gasteiger partial charge in [0.2, 0.25) is 0 Å². The highest BCUT2D eigenvalue weighted by atomic mass is 32.1. The molecule has 0 radical (unpaired) electrons. The number of ether oxygens (including phenoxy) is 2. The fourth-order valence-corrected chi connectivity index (χ4v) is 3.59. The van der Waals surface area contributed by atoms with Crippen molar-refractivity contribution in [3.63, 3.8) is 0 Å². The summed E-state index contributed by atoms with van der Waals surface area (Å²) < 4.78 is 12.2. The second-order valence-corrected chi connectivity index (χ2v) is 6.01. The summed E-state index contributed by atoms with van der Waals surface area (Å²) in [6.45, 7) is 1.73. The molecule has 0 aliphatic heterocycles. The molecule has 8 heteroatoms. The van der Waals surface area contributed by atoms with E-state index in [0.29, 0.717) is 50.3 Å². The average Bonchev–Trinajstić information content (AvgIpc) is 3.10. The minimum atomic E-state index is -0.541. The molecule has 0 bridgehead atoms. The molecule has 2 aromatic heterocycles. The summed E-state index contributed by atoms with van der Waals surface area (Å²) in [7, 11) is 3.10. The molecule has 0 spiro atoms. The number of hydrogen-bond acceptors (Lipinski definition) is 6. The lowest BCUT2D eigenvalue weighted by Crippen LogP contribution is -2.11. The summed E-state index contributed by atoms with van der Waals surface area (Å²) >= 11 is 1.15. The number of aromatic nitrogens is 2. The van der Waals surface area contributed by atoms with Gasteiger partial charge in [-0.2, -0.15) is 0 Å². The Kier molecular flexibility index (Phi) is 3.98. The molecule has 3 rings (SSSR count). The number of thiazole rings is 1. The van der Waals surface area contributed by atoms with Crippen LogP contribution in [0, 0.1) is 6.92 Å². The van der Waals surface area contributed by atoms with E-state index in [4.69, 9.17) is 15.2 Å². The number of aldehydes is 1. The molecule has 0 saturated heterocycles. The predicted octanol–water partition coefficient (Wildman–Crippen LogP) is 2.30. The first-order valence-electron chi connectivity index (χ1n) is 7.01. The van der Waals surface area contributed by atoms with Crippen molar-refractivity contribution < 1.29 is 19.1 Å². The summed E-state index contributed by atoms with van der Waals surface area (Å²) in [5, 5.41) is 0. The zero-order valence-electron chi connectivity index (χ0n) is 13.3. The number of fused-ring (bicyclic) bond motifs is 1. The predicted molar refractivity (Wildman–Crippen MR) is 90.3 cm³/mol. The number of rotatable bonds is 5. The van der Waals surface area contributed by atoms with Crippen molar-refractivity contribution in [2.45, 2.75) is 6.92 Å². The first-order chi connectivity index (χ1) is 11.5. The Morgan fingerprint density at radius 3 is 2.67 bits per heavy atom. The maximum absolute atomic E-state index is 11.7. The number of benzene rings is 1. The number of amides is 1. The molecule has 124 valence electrons. The summed E-state index contributed by atoms with van der Waals surface area (Å²) in [6.07, 6.45) is 0.707. The van der Waals surface area contributed by atoms with Crippen molar-refractivity contribution in [1.29, 1.82) is 0 Å². The Bertz CT molecular complexity index is 958. The van der Waals surface area contributed by atoms with Crippen molar-refractivity contribution in [2.75, 3.05) is 14.2 Å². The summed E-state index contributed by atoms with van der Waals surface area (Å²) in [5.41, 5.74) is 7.38. The van der Waals surface area contributed by atoms with Crippen LogP contribution in [-0.2, 0) is 0 Å². The zero-order valence-corrected chi connectivity index (χ0v) is 14.1. The molecular formula is C16H15N3O4S. The molecule has 0 unspecified atom stereocenters. The highest BCUT2D eigenvalue weighted by Gasteiger charge is 2.23. The van der Waals surface area contributed by atoms with Gasteiger partial charge in [-0.05, 0) is 25.1 Å². The SMILES string of the molecule is COc1ccc(OC)c(-c2nc3sc(C(N)=O)c(C)n3c2C=O)c1. The third-order valence-electron chi connectivity index (χ3n) is 3.74. The van der Waals surface area contributed by atoms with Gasteiger partial charge in [0.1, 0.15) is 27.8 Å². The lowest BCUT2D eigenvalue weighted by Gasteiger charge is -2.09. The van der Waals surface area contributed by atoms with E-state index in [2.05, 4.69) is 4.98 Å². The van der Waals surface area contributed by atoms with Gasteiger partial charge in [-0.25, -0.2) is 4.98 Å². The van der Waals surface area contributed by atoms with Crippen LogP contribution >= 0.6 is 11.3 Å². The van der Waals surface area contributed by atoms with Gasteiger partial charge < -0.3 is 15.2 Å². The van der Waals surface area contributed by atoms with Crippen LogP contribution in [0.25, 0.3) is 16.2 Å². The van der Waals surface area contributed by atoms with Crippen LogP contribution in [0.1, 0.15) is 25.9 Å². The number of nitrogens with two attached hydrogens (primary N) is 1. The molecule has 2 N–H and O–H groups in total. The number of carbonyl (C=O) groups excluding carboxylic acids is 2. The lowest BCUT2D eigenvalue weighted by atomic mass is 10.1. The van der Waals surface area contributed by atoms with E-state index in [-0.39, 0.29) is 0 Å². The van der Waals surface area contributed by atoms with E-state index in [9.17, 15) is 9.59 Å². The van der Waals surface area contributed by atoms with Gasteiger partial charge in [0, 0.05) is 11.3 Å². The minimum absolute atomic E-state index is 0.331. The molecule has 3 aromatic rings. The molecule has 7 nitrogen and oxygen atoms in total. The fourth-order valence-electron chi connectivity index (χ4n) is 2.61. The van der Waals surface area contributed by atoms with E-state index in [0.717, 1.165) is 11.3 Å². The van der Waals surface area contributed by atoms with Crippen molar-refractivity contribution in [1.82, 2.24) is 9.38 Å². The molecule has 0 aliphatic carbocycles. The Labute approximate surface area is 141 Å². The van der Waals surface area contributed by atoms with E-state index in [1.807, 2.05) is 0 Å². The van der Waals surface area contributed by atoms with Crippen molar-refractivity contribution >= 4 is 28.5 Å². The topological polar surface area (TPSA) is 95.9 Å². The molecular weight excluding hydrogens is 330 g/mol. The van der Waals surface area contributed by atoms with Crippen LogP contribution in [0.2, 0.25) is 0 Å². The quantitative estimate of drug-likeness (QED) is 0.716. The summed E-state index contributed by atoms with van der Waals surface area (Å²) in [6, 6.07) is 5.26. The minimum Gasteiger partial charge on any atom is -0.497 e. The molecule has 24 heavy (non-hydrogen) atoms. The summed E-state index contributed by atoms with van der Waals surface area (Å²) in [4.78, 5) is 28.6. The van der Waals surface area contributed by atoms with Gasteiger partial charge in [0.25, 0.3) is 5.91 Å². The second-order valence-electron chi connectivity index (χ2n) is 5.03. The standard InChI is InChI=1S/C16H15N3O4S/c1-8-14(15(17)21)24-16-18-13(11(7-20)19(8)16)10-6-9(22-2)4-5-12(10)23-3/h4-7H,1-3H3,(H2,17,21). The van der Waals surface area contributed by atoms with Crippen LogP contribution in [0.15, 0.2) is 18.2 Å². The number of methoxy groups -OCH3 is 2. The number of carbonyl (C=O) groups is 2. The Hall–Kier alpha value is -2.87. The van der Waals surface area contributed by atoms with E-state index in [1.54, 1.807) is 43.7 Å². The van der Waals surface area contributed by atoms with E-state index >= 15 is 0 Å². The smallest absolute Gasteiger partial charge is 0.260 e. The molecule has 2 heterocycles. The van der Waals surface area contributed by atoms with Gasteiger partial charge in [0.15, 0.2) is 11.2 Å². The largest absolute Gasteiger partial charge is 0.497 e.